The van der Waals surface area contributed by atoms with E-state index in [1.165, 1.54) is 12.1 Å². The normalized spacial score (nSPS) is 10.0. The molecule has 2 aromatic rings. The van der Waals surface area contributed by atoms with Crippen molar-refractivity contribution in [3.05, 3.63) is 54.1 Å². The highest BCUT2D eigenvalue weighted by molar-refractivity contribution is 5.87. The van der Waals surface area contributed by atoms with Gasteiger partial charge in [-0.15, -0.1) is 0 Å². The maximum atomic E-state index is 10.7. The molecule has 0 aliphatic carbocycles. The minimum Gasteiger partial charge on any atom is -0.490 e. The number of rotatable bonds is 6. The Morgan fingerprint density at radius 3 is 2.25 bits per heavy atom. The summed E-state index contributed by atoms with van der Waals surface area (Å²) in [6.45, 7) is 0.741. The van der Waals surface area contributed by atoms with E-state index in [4.69, 9.17) is 20.3 Å². The van der Waals surface area contributed by atoms with Crippen LogP contribution in [0, 0.1) is 0 Å². The molecule has 5 nitrogen and oxygen atoms in total. The largest absolute Gasteiger partial charge is 0.490 e. The lowest BCUT2D eigenvalue weighted by molar-refractivity contribution is 0.0697. The summed E-state index contributed by atoms with van der Waals surface area (Å²) in [7, 11) is 0. The van der Waals surface area contributed by atoms with Crippen LogP contribution in [0.15, 0.2) is 48.5 Å². The monoisotopic (exact) mass is 273 g/mol. The quantitative estimate of drug-likeness (QED) is 0.624. The van der Waals surface area contributed by atoms with Gasteiger partial charge in [0, 0.05) is 11.8 Å². The highest BCUT2D eigenvalue weighted by Crippen LogP contribution is 2.15. The molecule has 0 amide bonds. The number of carboxylic acid groups (broad SMARTS) is 1. The second kappa shape index (κ2) is 6.47. The zero-order chi connectivity index (χ0) is 14.4. The molecule has 0 unspecified atom stereocenters. The Bertz CT molecular complexity index is 581. The number of carbonyl (C=O) groups is 1. The molecule has 0 atom stereocenters. The van der Waals surface area contributed by atoms with Crippen molar-refractivity contribution < 1.29 is 19.4 Å². The molecule has 0 spiro atoms. The zero-order valence-corrected chi connectivity index (χ0v) is 10.8. The Hall–Kier alpha value is -2.69. The van der Waals surface area contributed by atoms with Crippen molar-refractivity contribution in [2.45, 2.75) is 0 Å². The number of carboxylic acids is 1. The number of benzene rings is 2. The Morgan fingerprint density at radius 2 is 1.65 bits per heavy atom. The van der Waals surface area contributed by atoms with Gasteiger partial charge in [-0.1, -0.05) is 6.07 Å². The summed E-state index contributed by atoms with van der Waals surface area (Å²) >= 11 is 0. The van der Waals surface area contributed by atoms with E-state index in [9.17, 15) is 4.79 Å². The fraction of sp³-hybridized carbons (Fsp3) is 0.133. The first kappa shape index (κ1) is 13.7. The van der Waals surface area contributed by atoms with Gasteiger partial charge in [0.1, 0.15) is 24.7 Å². The Morgan fingerprint density at radius 1 is 1.00 bits per heavy atom. The van der Waals surface area contributed by atoms with Crippen LogP contribution in [-0.4, -0.2) is 24.3 Å². The van der Waals surface area contributed by atoms with Crippen molar-refractivity contribution in [1.82, 2.24) is 0 Å². The van der Waals surface area contributed by atoms with Crippen molar-refractivity contribution in [3.8, 4) is 11.5 Å². The minimum atomic E-state index is -0.957. The molecule has 0 fully saturated rings. The fourth-order valence-corrected chi connectivity index (χ4v) is 1.62. The molecule has 0 saturated carbocycles. The summed E-state index contributed by atoms with van der Waals surface area (Å²) in [5, 5.41) is 8.77. The van der Waals surface area contributed by atoms with Crippen molar-refractivity contribution in [2.24, 2.45) is 0 Å². The van der Waals surface area contributed by atoms with Crippen molar-refractivity contribution in [1.29, 1.82) is 0 Å². The second-order valence-corrected chi connectivity index (χ2v) is 4.10. The van der Waals surface area contributed by atoms with Gasteiger partial charge in [0.15, 0.2) is 0 Å². The van der Waals surface area contributed by atoms with E-state index in [2.05, 4.69) is 0 Å². The van der Waals surface area contributed by atoms with E-state index in [-0.39, 0.29) is 5.56 Å². The molecule has 0 aliphatic rings. The second-order valence-electron chi connectivity index (χ2n) is 4.10. The van der Waals surface area contributed by atoms with Gasteiger partial charge in [-0.25, -0.2) is 4.79 Å². The van der Waals surface area contributed by atoms with Crippen LogP contribution in [0.1, 0.15) is 10.4 Å². The Balaban J connectivity index is 1.77. The third-order valence-corrected chi connectivity index (χ3v) is 2.58. The lowest BCUT2D eigenvalue weighted by Gasteiger charge is -2.08. The van der Waals surface area contributed by atoms with E-state index in [0.717, 1.165) is 0 Å². The first-order valence-electron chi connectivity index (χ1n) is 6.09. The number of anilines is 1. The Labute approximate surface area is 116 Å². The maximum Gasteiger partial charge on any atom is 0.335 e. The van der Waals surface area contributed by atoms with E-state index >= 15 is 0 Å². The molecule has 0 saturated heterocycles. The minimum absolute atomic E-state index is 0.230. The molecule has 104 valence electrons. The summed E-state index contributed by atoms with van der Waals surface area (Å²) in [5.41, 5.74) is 6.51. The molecular weight excluding hydrogens is 258 g/mol. The predicted molar refractivity (Wildman–Crippen MR) is 75.2 cm³/mol. The highest BCUT2D eigenvalue weighted by Gasteiger charge is 2.02. The van der Waals surface area contributed by atoms with Gasteiger partial charge in [-0.2, -0.15) is 0 Å². The molecule has 0 aromatic heterocycles. The molecule has 0 bridgehead atoms. The number of ether oxygens (including phenoxy) is 2. The van der Waals surface area contributed by atoms with Gasteiger partial charge in [-0.3, -0.25) is 0 Å². The van der Waals surface area contributed by atoms with Crippen LogP contribution in [0.2, 0.25) is 0 Å². The van der Waals surface area contributed by atoms with E-state index in [1.807, 2.05) is 12.1 Å². The van der Waals surface area contributed by atoms with Crippen LogP contribution in [0.3, 0.4) is 0 Å². The van der Waals surface area contributed by atoms with Crippen LogP contribution in [0.4, 0.5) is 5.69 Å². The number of aromatic carboxylic acids is 1. The summed E-state index contributed by atoms with van der Waals surface area (Å²) in [6, 6.07) is 13.4. The molecule has 0 radical (unpaired) electrons. The molecule has 5 heteroatoms. The fourth-order valence-electron chi connectivity index (χ4n) is 1.62. The Kier molecular flexibility index (Phi) is 4.44. The maximum absolute atomic E-state index is 10.7. The number of hydrogen-bond donors (Lipinski definition) is 2. The van der Waals surface area contributed by atoms with Gasteiger partial charge < -0.3 is 20.3 Å². The number of hydrogen-bond acceptors (Lipinski definition) is 4. The standard InChI is InChI=1S/C15H15NO4/c16-12-2-1-3-14(10-12)20-9-8-19-13-6-4-11(5-7-13)15(17)18/h1-7,10H,8-9,16H2,(H,17,18). The molecule has 20 heavy (non-hydrogen) atoms. The van der Waals surface area contributed by atoms with Crippen LogP contribution >= 0.6 is 0 Å². The van der Waals surface area contributed by atoms with E-state index < -0.39 is 5.97 Å². The van der Waals surface area contributed by atoms with Gasteiger partial charge >= 0.3 is 5.97 Å². The van der Waals surface area contributed by atoms with E-state index in [0.29, 0.717) is 30.4 Å². The zero-order valence-electron chi connectivity index (χ0n) is 10.8. The summed E-state index contributed by atoms with van der Waals surface area (Å²) < 4.78 is 10.9. The number of nitrogens with two attached hydrogens (primary N) is 1. The van der Waals surface area contributed by atoms with Crippen molar-refractivity contribution >= 4 is 11.7 Å². The van der Waals surface area contributed by atoms with Gasteiger partial charge in [-0.05, 0) is 36.4 Å². The molecule has 2 rings (SSSR count). The summed E-state index contributed by atoms with van der Waals surface area (Å²) in [6.07, 6.45) is 0. The van der Waals surface area contributed by atoms with Crippen molar-refractivity contribution in [3.63, 3.8) is 0 Å². The topological polar surface area (TPSA) is 81.8 Å². The van der Waals surface area contributed by atoms with E-state index in [1.54, 1.807) is 24.3 Å². The molecular formula is C15H15NO4. The van der Waals surface area contributed by atoms with Crippen LogP contribution in [-0.2, 0) is 0 Å². The lowest BCUT2D eigenvalue weighted by atomic mass is 10.2. The summed E-state index contributed by atoms with van der Waals surface area (Å²) in [5.74, 6) is 0.336. The van der Waals surface area contributed by atoms with Crippen LogP contribution in [0.5, 0.6) is 11.5 Å². The smallest absolute Gasteiger partial charge is 0.335 e. The predicted octanol–water partition coefficient (Wildman–Crippen LogP) is 2.42. The third-order valence-electron chi connectivity index (χ3n) is 2.58. The molecule has 2 aromatic carbocycles. The average molecular weight is 273 g/mol. The summed E-state index contributed by atoms with van der Waals surface area (Å²) in [4.78, 5) is 10.7. The van der Waals surface area contributed by atoms with Gasteiger partial charge in [0.2, 0.25) is 0 Å². The lowest BCUT2D eigenvalue weighted by Crippen LogP contribution is -2.09. The first-order valence-corrected chi connectivity index (χ1v) is 6.09. The van der Waals surface area contributed by atoms with Crippen LogP contribution < -0.4 is 15.2 Å². The average Bonchev–Trinajstić information content (AvgIpc) is 2.44. The molecule has 0 aliphatic heterocycles. The third kappa shape index (κ3) is 3.91. The van der Waals surface area contributed by atoms with Crippen molar-refractivity contribution in [2.75, 3.05) is 18.9 Å². The first-order chi connectivity index (χ1) is 9.65. The SMILES string of the molecule is Nc1cccc(OCCOc2ccc(C(=O)O)cc2)c1. The molecule has 3 N–H and O–H groups in total. The van der Waals surface area contributed by atoms with Gasteiger partial charge in [0.25, 0.3) is 0 Å². The highest BCUT2D eigenvalue weighted by atomic mass is 16.5. The van der Waals surface area contributed by atoms with Gasteiger partial charge in [0.05, 0.1) is 5.56 Å². The van der Waals surface area contributed by atoms with Crippen LogP contribution in [0.25, 0.3) is 0 Å². The molecule has 0 heterocycles. The number of nitrogen functional groups attached to an aromatic ring is 1.